The molecule has 118 valence electrons. The van der Waals surface area contributed by atoms with Crippen LogP contribution in [0.25, 0.3) is 0 Å². The molecule has 2 fully saturated rings. The maximum atomic E-state index is 12.8. The third-order valence-corrected chi connectivity index (χ3v) is 5.50. The molecule has 1 saturated carbocycles. The van der Waals surface area contributed by atoms with E-state index >= 15 is 0 Å². The molecule has 2 aliphatic rings. The Morgan fingerprint density at radius 2 is 2.05 bits per heavy atom. The molecule has 22 heavy (non-hydrogen) atoms. The van der Waals surface area contributed by atoms with Crippen molar-refractivity contribution in [2.75, 3.05) is 0 Å². The molecule has 1 spiro atoms. The highest BCUT2D eigenvalue weighted by atomic mass is 79.9. The van der Waals surface area contributed by atoms with E-state index in [1.54, 1.807) is 0 Å². The van der Waals surface area contributed by atoms with Crippen molar-refractivity contribution < 1.29 is 9.59 Å². The topological polar surface area (TPSA) is 49.4 Å². The molecular weight excluding hydrogens is 344 g/mol. The van der Waals surface area contributed by atoms with Gasteiger partial charge in [-0.3, -0.25) is 9.69 Å². The van der Waals surface area contributed by atoms with Gasteiger partial charge in [0, 0.05) is 4.47 Å². The lowest BCUT2D eigenvalue weighted by atomic mass is 9.75. The summed E-state index contributed by atoms with van der Waals surface area (Å²) in [6, 6.07) is 7.48. The lowest BCUT2D eigenvalue weighted by molar-refractivity contribution is -0.133. The molecule has 1 aliphatic carbocycles. The second-order valence-electron chi connectivity index (χ2n) is 6.39. The van der Waals surface area contributed by atoms with E-state index in [1.807, 2.05) is 24.3 Å². The number of imide groups is 1. The van der Waals surface area contributed by atoms with Gasteiger partial charge in [0.25, 0.3) is 5.91 Å². The monoisotopic (exact) mass is 364 g/mol. The van der Waals surface area contributed by atoms with Crippen molar-refractivity contribution in [2.24, 2.45) is 5.92 Å². The number of nitrogens with zero attached hydrogens (tertiary/aromatic N) is 1. The Kier molecular flexibility index (Phi) is 4.26. The minimum atomic E-state index is -0.644. The molecule has 1 aromatic carbocycles. The molecule has 0 radical (unpaired) electrons. The van der Waals surface area contributed by atoms with Crippen LogP contribution in [0.5, 0.6) is 0 Å². The summed E-state index contributed by atoms with van der Waals surface area (Å²) >= 11 is 3.42. The molecule has 1 N–H and O–H groups in total. The van der Waals surface area contributed by atoms with Crippen molar-refractivity contribution in [1.82, 2.24) is 10.2 Å². The number of amides is 3. The van der Waals surface area contributed by atoms with Crippen LogP contribution in [0, 0.1) is 5.92 Å². The third-order valence-electron chi connectivity index (χ3n) is 5.01. The Morgan fingerprint density at radius 1 is 1.32 bits per heavy atom. The van der Waals surface area contributed by atoms with E-state index in [4.69, 9.17) is 0 Å². The first kappa shape index (κ1) is 15.5. The molecule has 3 rings (SSSR count). The fourth-order valence-electron chi connectivity index (χ4n) is 3.56. The molecule has 0 aromatic heterocycles. The van der Waals surface area contributed by atoms with Gasteiger partial charge in [-0.15, -0.1) is 0 Å². The summed E-state index contributed by atoms with van der Waals surface area (Å²) in [4.78, 5) is 26.5. The standard InChI is InChI=1S/C17H21BrN2O2/c1-2-12-6-8-17(9-7-12)15(21)20(16(22)19-17)11-13-4-3-5-14(18)10-13/h3-5,10,12H,2,6-9,11H2,1H3,(H,19,22). The van der Waals surface area contributed by atoms with Crippen LogP contribution >= 0.6 is 15.9 Å². The molecule has 1 heterocycles. The zero-order valence-electron chi connectivity index (χ0n) is 12.8. The smallest absolute Gasteiger partial charge is 0.323 e. The maximum Gasteiger partial charge on any atom is 0.325 e. The van der Waals surface area contributed by atoms with Crippen LogP contribution in [0.3, 0.4) is 0 Å². The Balaban J connectivity index is 1.75. The first-order valence-electron chi connectivity index (χ1n) is 7.92. The molecule has 1 aromatic rings. The van der Waals surface area contributed by atoms with Gasteiger partial charge in [0.05, 0.1) is 6.54 Å². The fourth-order valence-corrected chi connectivity index (χ4v) is 4.00. The molecular formula is C17H21BrN2O2. The predicted molar refractivity (Wildman–Crippen MR) is 88.2 cm³/mol. The van der Waals surface area contributed by atoms with Crippen molar-refractivity contribution in [3.8, 4) is 0 Å². The average molecular weight is 365 g/mol. The minimum absolute atomic E-state index is 0.0490. The summed E-state index contributed by atoms with van der Waals surface area (Å²) < 4.78 is 0.954. The number of carbonyl (C=O) groups excluding carboxylic acids is 2. The van der Waals surface area contributed by atoms with Gasteiger partial charge in [-0.2, -0.15) is 0 Å². The number of rotatable bonds is 3. The number of urea groups is 1. The Labute approximate surface area is 139 Å². The summed E-state index contributed by atoms with van der Waals surface area (Å²) in [6.07, 6.45) is 4.73. The fraction of sp³-hybridized carbons (Fsp3) is 0.529. The molecule has 0 atom stereocenters. The van der Waals surface area contributed by atoms with E-state index in [-0.39, 0.29) is 11.9 Å². The summed E-state index contributed by atoms with van der Waals surface area (Å²) in [5.41, 5.74) is 0.312. The molecule has 0 unspecified atom stereocenters. The third kappa shape index (κ3) is 2.78. The second kappa shape index (κ2) is 6.03. The second-order valence-corrected chi connectivity index (χ2v) is 7.30. The number of nitrogens with one attached hydrogen (secondary N) is 1. The van der Waals surface area contributed by atoms with Gasteiger partial charge in [-0.1, -0.05) is 41.4 Å². The Morgan fingerprint density at radius 3 is 2.68 bits per heavy atom. The maximum absolute atomic E-state index is 12.8. The van der Waals surface area contributed by atoms with Gasteiger partial charge in [-0.05, 0) is 49.3 Å². The van der Waals surface area contributed by atoms with E-state index in [1.165, 1.54) is 4.90 Å². The van der Waals surface area contributed by atoms with Crippen molar-refractivity contribution in [3.05, 3.63) is 34.3 Å². The van der Waals surface area contributed by atoms with Crippen LogP contribution < -0.4 is 5.32 Å². The molecule has 1 aliphatic heterocycles. The summed E-state index contributed by atoms with van der Waals surface area (Å²) in [5, 5.41) is 2.97. The first-order chi connectivity index (χ1) is 10.5. The summed E-state index contributed by atoms with van der Waals surface area (Å²) in [7, 11) is 0. The van der Waals surface area contributed by atoms with Gasteiger partial charge in [0.2, 0.25) is 0 Å². The van der Waals surface area contributed by atoms with Crippen LogP contribution in [0.15, 0.2) is 28.7 Å². The SMILES string of the molecule is CCC1CCC2(CC1)NC(=O)N(Cc1cccc(Br)c1)C2=O. The van der Waals surface area contributed by atoms with E-state index in [2.05, 4.69) is 28.2 Å². The van der Waals surface area contributed by atoms with Crippen LogP contribution in [-0.2, 0) is 11.3 Å². The molecule has 4 nitrogen and oxygen atoms in total. The Hall–Kier alpha value is -1.36. The zero-order chi connectivity index (χ0) is 15.7. The van der Waals surface area contributed by atoms with Gasteiger partial charge in [0.1, 0.15) is 5.54 Å². The van der Waals surface area contributed by atoms with Gasteiger partial charge < -0.3 is 5.32 Å². The summed E-state index contributed by atoms with van der Waals surface area (Å²) in [6.45, 7) is 2.53. The number of carbonyl (C=O) groups is 2. The largest absolute Gasteiger partial charge is 0.325 e. The number of halogens is 1. The van der Waals surface area contributed by atoms with Crippen molar-refractivity contribution in [2.45, 2.75) is 51.1 Å². The van der Waals surface area contributed by atoms with Crippen LogP contribution in [0.1, 0.15) is 44.6 Å². The molecule has 0 bridgehead atoms. The zero-order valence-corrected chi connectivity index (χ0v) is 14.4. The van der Waals surface area contributed by atoms with Crippen molar-refractivity contribution in [3.63, 3.8) is 0 Å². The van der Waals surface area contributed by atoms with Gasteiger partial charge in [0.15, 0.2) is 0 Å². The van der Waals surface area contributed by atoms with E-state index in [9.17, 15) is 9.59 Å². The van der Waals surface area contributed by atoms with E-state index < -0.39 is 5.54 Å². The van der Waals surface area contributed by atoms with Crippen LogP contribution in [-0.4, -0.2) is 22.4 Å². The van der Waals surface area contributed by atoms with Crippen LogP contribution in [0.4, 0.5) is 4.79 Å². The number of hydrogen-bond donors (Lipinski definition) is 1. The van der Waals surface area contributed by atoms with E-state index in [0.29, 0.717) is 12.5 Å². The number of benzene rings is 1. The summed E-state index contributed by atoms with van der Waals surface area (Å²) in [5.74, 6) is 0.640. The first-order valence-corrected chi connectivity index (χ1v) is 8.72. The lowest BCUT2D eigenvalue weighted by Gasteiger charge is -2.34. The highest BCUT2D eigenvalue weighted by molar-refractivity contribution is 9.10. The van der Waals surface area contributed by atoms with Gasteiger partial charge >= 0.3 is 6.03 Å². The van der Waals surface area contributed by atoms with Crippen molar-refractivity contribution in [1.29, 1.82) is 0 Å². The molecule has 3 amide bonds. The van der Waals surface area contributed by atoms with Crippen LogP contribution in [0.2, 0.25) is 0 Å². The number of hydrogen-bond acceptors (Lipinski definition) is 2. The quantitative estimate of drug-likeness (QED) is 0.828. The normalized spacial score (nSPS) is 28.3. The minimum Gasteiger partial charge on any atom is -0.323 e. The Bertz CT molecular complexity index is 594. The predicted octanol–water partition coefficient (Wildman–Crippen LogP) is 3.84. The van der Waals surface area contributed by atoms with E-state index in [0.717, 1.165) is 42.1 Å². The lowest BCUT2D eigenvalue weighted by Crippen LogP contribution is -2.49. The highest BCUT2D eigenvalue weighted by Crippen LogP contribution is 2.38. The highest BCUT2D eigenvalue weighted by Gasteiger charge is 2.52. The molecule has 5 heteroatoms. The van der Waals surface area contributed by atoms with Gasteiger partial charge in [-0.25, -0.2) is 4.79 Å². The molecule has 1 saturated heterocycles. The average Bonchev–Trinajstić information content (AvgIpc) is 2.73. The van der Waals surface area contributed by atoms with Crippen molar-refractivity contribution >= 4 is 27.9 Å².